The maximum atomic E-state index is 13.7. The van der Waals surface area contributed by atoms with E-state index in [1.165, 1.54) is 28.6 Å². The SMILES string of the molecule is C/C(=C\CN([C@H](C)c1ccccc1)S(=O)(=O)c1ccccc1[N+](=O)[O-])c1ccc(C)cc1. The molecule has 3 rings (SSSR count). The highest BCUT2D eigenvalue weighted by Crippen LogP contribution is 2.32. The zero-order valence-corrected chi connectivity index (χ0v) is 19.1. The minimum Gasteiger partial charge on any atom is -0.258 e. The molecule has 32 heavy (non-hydrogen) atoms. The quantitative estimate of drug-likeness (QED) is 0.323. The number of hydrogen-bond donors (Lipinski definition) is 0. The lowest BCUT2D eigenvalue weighted by Crippen LogP contribution is -2.34. The van der Waals surface area contributed by atoms with E-state index in [4.69, 9.17) is 0 Å². The number of hydrogen-bond acceptors (Lipinski definition) is 4. The highest BCUT2D eigenvalue weighted by molar-refractivity contribution is 7.89. The zero-order chi connectivity index (χ0) is 23.3. The van der Waals surface area contributed by atoms with Crippen LogP contribution in [0.25, 0.3) is 5.57 Å². The molecule has 0 heterocycles. The van der Waals surface area contributed by atoms with Crippen LogP contribution in [0.2, 0.25) is 0 Å². The molecule has 0 bridgehead atoms. The molecule has 0 aliphatic rings. The number of rotatable bonds is 8. The fraction of sp³-hybridized carbons (Fsp3) is 0.200. The maximum absolute atomic E-state index is 13.7. The van der Waals surface area contributed by atoms with Crippen molar-refractivity contribution in [2.75, 3.05) is 6.54 Å². The number of nitro groups is 1. The van der Waals surface area contributed by atoms with Gasteiger partial charge in [-0.05, 0) is 43.5 Å². The summed E-state index contributed by atoms with van der Waals surface area (Å²) < 4.78 is 28.6. The summed E-state index contributed by atoms with van der Waals surface area (Å²) in [6.45, 7) is 5.79. The summed E-state index contributed by atoms with van der Waals surface area (Å²) in [5.41, 5.74) is 3.42. The normalized spacial score (nSPS) is 13.2. The van der Waals surface area contributed by atoms with Crippen LogP contribution in [-0.4, -0.2) is 24.2 Å². The van der Waals surface area contributed by atoms with E-state index in [0.717, 1.165) is 22.3 Å². The first-order valence-corrected chi connectivity index (χ1v) is 11.7. The molecule has 6 nitrogen and oxygen atoms in total. The molecule has 0 fully saturated rings. The fourth-order valence-corrected chi connectivity index (χ4v) is 5.19. The van der Waals surface area contributed by atoms with E-state index < -0.39 is 26.7 Å². The van der Waals surface area contributed by atoms with Crippen molar-refractivity contribution in [3.05, 3.63) is 112 Å². The van der Waals surface area contributed by atoms with Crippen LogP contribution in [0.4, 0.5) is 5.69 Å². The zero-order valence-electron chi connectivity index (χ0n) is 18.3. The molecule has 0 saturated heterocycles. The van der Waals surface area contributed by atoms with E-state index in [1.54, 1.807) is 6.92 Å². The summed E-state index contributed by atoms with van der Waals surface area (Å²) in [5.74, 6) is 0. The van der Waals surface area contributed by atoms with E-state index in [9.17, 15) is 18.5 Å². The number of sulfonamides is 1. The summed E-state index contributed by atoms with van der Waals surface area (Å²) in [4.78, 5) is 10.5. The summed E-state index contributed by atoms with van der Waals surface area (Å²) >= 11 is 0. The summed E-state index contributed by atoms with van der Waals surface area (Å²) in [6.07, 6.45) is 1.84. The van der Waals surface area contributed by atoms with Gasteiger partial charge in [-0.3, -0.25) is 10.1 Å². The third kappa shape index (κ3) is 5.12. The average Bonchev–Trinajstić information content (AvgIpc) is 2.79. The molecule has 7 heteroatoms. The fourth-order valence-electron chi connectivity index (χ4n) is 3.48. The molecule has 0 radical (unpaired) electrons. The van der Waals surface area contributed by atoms with Crippen molar-refractivity contribution in [3.8, 4) is 0 Å². The lowest BCUT2D eigenvalue weighted by molar-refractivity contribution is -0.387. The minimum atomic E-state index is -4.16. The van der Waals surface area contributed by atoms with Crippen molar-refractivity contribution < 1.29 is 13.3 Å². The Morgan fingerprint density at radius 2 is 1.59 bits per heavy atom. The van der Waals surface area contributed by atoms with Crippen LogP contribution in [0.1, 0.15) is 36.6 Å². The third-order valence-corrected chi connectivity index (χ3v) is 7.43. The maximum Gasteiger partial charge on any atom is 0.289 e. The molecule has 0 aliphatic heterocycles. The smallest absolute Gasteiger partial charge is 0.258 e. The van der Waals surface area contributed by atoms with Crippen LogP contribution in [0.5, 0.6) is 0 Å². The van der Waals surface area contributed by atoms with Gasteiger partial charge < -0.3 is 0 Å². The molecule has 1 atom stereocenters. The summed E-state index contributed by atoms with van der Waals surface area (Å²) in [7, 11) is -4.16. The molecule has 0 amide bonds. The molecule has 0 aliphatic carbocycles. The monoisotopic (exact) mass is 450 g/mol. The average molecular weight is 451 g/mol. The lowest BCUT2D eigenvalue weighted by Gasteiger charge is -2.28. The summed E-state index contributed by atoms with van der Waals surface area (Å²) in [6, 6.07) is 22.2. The first-order valence-electron chi connectivity index (χ1n) is 10.3. The molecule has 0 aromatic heterocycles. The first kappa shape index (κ1) is 23.4. The molecular formula is C25H26N2O4S. The second kappa shape index (κ2) is 9.89. The van der Waals surface area contributed by atoms with E-state index in [2.05, 4.69) is 0 Å². The van der Waals surface area contributed by atoms with Gasteiger partial charge in [-0.2, -0.15) is 4.31 Å². The van der Waals surface area contributed by atoms with Crippen molar-refractivity contribution in [1.82, 2.24) is 4.31 Å². The number of benzene rings is 3. The van der Waals surface area contributed by atoms with Crippen LogP contribution < -0.4 is 0 Å². The molecular weight excluding hydrogens is 424 g/mol. The Kier molecular flexibility index (Phi) is 7.22. The van der Waals surface area contributed by atoms with Crippen LogP contribution in [0.15, 0.2) is 89.8 Å². The van der Waals surface area contributed by atoms with E-state index in [0.29, 0.717) is 0 Å². The van der Waals surface area contributed by atoms with Crippen molar-refractivity contribution in [2.45, 2.75) is 31.7 Å². The topological polar surface area (TPSA) is 80.5 Å². The molecule has 3 aromatic carbocycles. The highest BCUT2D eigenvalue weighted by Gasteiger charge is 2.34. The van der Waals surface area contributed by atoms with Gasteiger partial charge in [0.05, 0.1) is 4.92 Å². The van der Waals surface area contributed by atoms with Gasteiger partial charge in [0, 0.05) is 18.7 Å². The molecule has 0 N–H and O–H groups in total. The van der Waals surface area contributed by atoms with Gasteiger partial charge in [0.2, 0.25) is 0 Å². The highest BCUT2D eigenvalue weighted by atomic mass is 32.2. The third-order valence-electron chi connectivity index (χ3n) is 5.45. The Labute approximate surface area is 189 Å². The van der Waals surface area contributed by atoms with Crippen molar-refractivity contribution in [1.29, 1.82) is 0 Å². The molecule has 0 saturated carbocycles. The van der Waals surface area contributed by atoms with Gasteiger partial charge in [0.15, 0.2) is 4.90 Å². The molecule has 0 spiro atoms. The number of nitrogens with zero attached hydrogens (tertiary/aromatic N) is 2. The number of allylic oxidation sites excluding steroid dienone is 1. The van der Waals surface area contributed by atoms with Gasteiger partial charge in [0.1, 0.15) is 0 Å². The number of para-hydroxylation sites is 1. The largest absolute Gasteiger partial charge is 0.289 e. The Bertz CT molecular complexity index is 1220. The van der Waals surface area contributed by atoms with Crippen LogP contribution in [0, 0.1) is 17.0 Å². The molecule has 166 valence electrons. The second-order valence-electron chi connectivity index (χ2n) is 7.64. The molecule has 3 aromatic rings. The predicted octanol–water partition coefficient (Wildman–Crippen LogP) is 5.76. The van der Waals surface area contributed by atoms with Crippen molar-refractivity contribution in [2.24, 2.45) is 0 Å². The Morgan fingerprint density at radius 1 is 1.00 bits per heavy atom. The van der Waals surface area contributed by atoms with Crippen LogP contribution in [-0.2, 0) is 10.0 Å². The van der Waals surface area contributed by atoms with Gasteiger partial charge in [-0.15, -0.1) is 0 Å². The lowest BCUT2D eigenvalue weighted by atomic mass is 10.1. The number of nitro benzene ring substituents is 1. The number of aryl methyl sites for hydroxylation is 1. The van der Waals surface area contributed by atoms with E-state index in [-0.39, 0.29) is 11.4 Å². The Morgan fingerprint density at radius 3 is 2.22 bits per heavy atom. The van der Waals surface area contributed by atoms with Crippen LogP contribution in [0.3, 0.4) is 0 Å². The van der Waals surface area contributed by atoms with Gasteiger partial charge in [-0.25, -0.2) is 8.42 Å². The van der Waals surface area contributed by atoms with Crippen molar-refractivity contribution >= 4 is 21.3 Å². The standard InChI is InChI=1S/C25H26N2O4S/c1-19-13-15-22(16-14-19)20(2)17-18-26(21(3)23-9-5-4-6-10-23)32(30,31)25-12-8-7-11-24(25)27(28)29/h4-17,21H,18H2,1-3H3/b20-17+/t21-/m1/s1. The van der Waals surface area contributed by atoms with Gasteiger partial charge >= 0.3 is 0 Å². The van der Waals surface area contributed by atoms with Crippen molar-refractivity contribution in [3.63, 3.8) is 0 Å². The summed E-state index contributed by atoms with van der Waals surface area (Å²) in [5, 5.41) is 11.5. The molecule has 0 unspecified atom stereocenters. The van der Waals surface area contributed by atoms with Gasteiger partial charge in [-0.1, -0.05) is 78.4 Å². The second-order valence-corrected chi connectivity index (χ2v) is 9.50. The van der Waals surface area contributed by atoms with Gasteiger partial charge in [0.25, 0.3) is 15.7 Å². The first-order chi connectivity index (χ1) is 15.2. The Balaban J connectivity index is 2.06. The van der Waals surface area contributed by atoms with Crippen LogP contribution >= 0.6 is 0 Å². The predicted molar refractivity (Wildman–Crippen MR) is 127 cm³/mol. The van der Waals surface area contributed by atoms with E-state index >= 15 is 0 Å². The minimum absolute atomic E-state index is 0.0736. The van der Waals surface area contributed by atoms with E-state index in [1.807, 2.05) is 74.5 Å². The Hall–Kier alpha value is -3.29.